The number of ether oxygens (including phenoxy) is 1. The molecule has 2 aromatic rings. The smallest absolute Gasteiger partial charge is 0.442 e. The Balaban J connectivity index is 2.27. The van der Waals surface area contributed by atoms with E-state index in [0.717, 1.165) is 11.1 Å². The molecule has 1 atom stereocenters. The first kappa shape index (κ1) is 17.2. The first-order valence-electron chi connectivity index (χ1n) is 7.28. The lowest BCUT2D eigenvalue weighted by molar-refractivity contribution is 0.0607. The van der Waals surface area contributed by atoms with Crippen molar-refractivity contribution in [3.8, 4) is 11.1 Å². The lowest BCUT2D eigenvalue weighted by Gasteiger charge is -2.17. The van der Waals surface area contributed by atoms with Crippen LogP contribution in [0.2, 0.25) is 0 Å². The Labute approximate surface area is 137 Å². The number of hydrogen-bond acceptors (Lipinski definition) is 3. The Morgan fingerprint density at radius 1 is 0.957 bits per heavy atom. The molecular weight excluding hydrogens is 310 g/mol. The summed E-state index contributed by atoms with van der Waals surface area (Å²) in [5.41, 5.74) is 1.43. The van der Waals surface area contributed by atoms with Gasteiger partial charge in [0.15, 0.2) is 0 Å². The fraction of sp³-hybridized carbons (Fsp3) is 0.278. The number of rotatable bonds is 2. The van der Waals surface area contributed by atoms with Gasteiger partial charge in [-0.15, -0.1) is 4.36 Å². The molecule has 5 heteroatoms. The molecule has 23 heavy (non-hydrogen) atoms. The van der Waals surface area contributed by atoms with Gasteiger partial charge in [0.2, 0.25) is 0 Å². The van der Waals surface area contributed by atoms with Crippen molar-refractivity contribution < 1.29 is 13.7 Å². The fourth-order valence-electron chi connectivity index (χ4n) is 2.01. The molecule has 0 aliphatic heterocycles. The summed E-state index contributed by atoms with van der Waals surface area (Å²) in [6.07, 6.45) is 0.631. The Kier molecular flexibility index (Phi) is 4.90. The summed E-state index contributed by atoms with van der Waals surface area (Å²) in [4.78, 5) is 12.3. The first-order chi connectivity index (χ1) is 10.7. The minimum Gasteiger partial charge on any atom is -0.442 e. The van der Waals surface area contributed by atoms with Gasteiger partial charge in [0.25, 0.3) is 0 Å². The summed E-state index contributed by atoms with van der Waals surface area (Å²) in [5, 5.41) is 0. The normalized spacial score (nSPS) is 13.9. The molecule has 0 heterocycles. The summed E-state index contributed by atoms with van der Waals surface area (Å²) < 4.78 is 21.5. The van der Waals surface area contributed by atoms with Crippen LogP contribution in [0.1, 0.15) is 20.8 Å². The van der Waals surface area contributed by atoms with Crippen LogP contribution in [0.3, 0.4) is 0 Å². The van der Waals surface area contributed by atoms with Crippen molar-refractivity contribution in [2.75, 3.05) is 6.26 Å². The maximum Gasteiger partial charge on any atom is 0.442 e. The molecule has 0 aromatic heterocycles. The minimum atomic E-state index is -2.83. The Hall–Kier alpha value is -2.14. The highest BCUT2D eigenvalue weighted by molar-refractivity contribution is 7.93. The van der Waals surface area contributed by atoms with E-state index in [-0.39, 0.29) is 0 Å². The fourth-order valence-corrected chi connectivity index (χ4v) is 3.07. The van der Waals surface area contributed by atoms with Crippen molar-refractivity contribution in [1.82, 2.24) is 0 Å². The standard InChI is InChI=1S/C18H21NO3S/c1-18(2,3)22-17(20)19-23(4,21)16-12-10-15(11-13-16)14-8-6-5-7-9-14/h5-13H,1-4H3. The highest BCUT2D eigenvalue weighted by Crippen LogP contribution is 2.22. The van der Waals surface area contributed by atoms with Crippen LogP contribution in [0.25, 0.3) is 11.1 Å². The van der Waals surface area contributed by atoms with Gasteiger partial charge < -0.3 is 4.74 Å². The number of carbonyl (C=O) groups is 1. The average Bonchev–Trinajstić information content (AvgIpc) is 2.45. The van der Waals surface area contributed by atoms with Crippen LogP contribution < -0.4 is 0 Å². The van der Waals surface area contributed by atoms with Crippen molar-refractivity contribution >= 4 is 15.8 Å². The summed E-state index contributed by atoms with van der Waals surface area (Å²) >= 11 is 0. The van der Waals surface area contributed by atoms with Crippen LogP contribution in [0, 0.1) is 0 Å². The van der Waals surface area contributed by atoms with Gasteiger partial charge in [-0.2, -0.15) is 0 Å². The summed E-state index contributed by atoms with van der Waals surface area (Å²) in [6.45, 7) is 5.23. The molecule has 0 saturated carbocycles. The van der Waals surface area contributed by atoms with Gasteiger partial charge in [0, 0.05) is 11.2 Å². The maximum absolute atomic E-state index is 12.7. The second-order valence-electron chi connectivity index (χ2n) is 6.26. The molecular formula is C18H21NO3S. The van der Waals surface area contributed by atoms with Gasteiger partial charge in [-0.3, -0.25) is 0 Å². The molecule has 0 aliphatic carbocycles. The van der Waals surface area contributed by atoms with E-state index in [4.69, 9.17) is 4.74 Å². The van der Waals surface area contributed by atoms with Crippen LogP contribution in [0.5, 0.6) is 0 Å². The SMILES string of the molecule is CC(C)(C)OC(=O)N=S(C)(=O)c1ccc(-c2ccccc2)cc1. The van der Waals surface area contributed by atoms with Crippen LogP contribution in [0.4, 0.5) is 4.79 Å². The summed E-state index contributed by atoms with van der Waals surface area (Å²) in [5.74, 6) is 0. The van der Waals surface area contributed by atoms with Gasteiger partial charge in [0.1, 0.15) is 5.60 Å². The van der Waals surface area contributed by atoms with E-state index in [1.165, 1.54) is 6.26 Å². The predicted molar refractivity (Wildman–Crippen MR) is 92.9 cm³/mol. The van der Waals surface area contributed by atoms with Crippen LogP contribution in [-0.2, 0) is 14.5 Å². The quantitative estimate of drug-likeness (QED) is 0.798. The van der Waals surface area contributed by atoms with Crippen molar-refractivity contribution in [3.05, 3.63) is 54.6 Å². The molecule has 0 aliphatic rings. The predicted octanol–water partition coefficient (Wildman–Crippen LogP) is 4.75. The zero-order valence-corrected chi connectivity index (χ0v) is 14.6. The van der Waals surface area contributed by atoms with E-state index < -0.39 is 21.4 Å². The van der Waals surface area contributed by atoms with Crippen molar-refractivity contribution in [3.63, 3.8) is 0 Å². The number of hydrogen-bond donors (Lipinski definition) is 0. The molecule has 0 saturated heterocycles. The zero-order chi connectivity index (χ0) is 17.1. The minimum absolute atomic E-state index is 0.503. The highest BCUT2D eigenvalue weighted by Gasteiger charge is 2.18. The summed E-state index contributed by atoms with van der Waals surface area (Å²) in [7, 11) is -2.83. The summed E-state index contributed by atoms with van der Waals surface area (Å²) in [6, 6.07) is 17.1. The molecule has 0 N–H and O–H groups in total. The Morgan fingerprint density at radius 3 is 2.00 bits per heavy atom. The van der Waals surface area contributed by atoms with E-state index in [0.29, 0.717) is 4.90 Å². The van der Waals surface area contributed by atoms with Gasteiger partial charge in [-0.25, -0.2) is 9.00 Å². The molecule has 1 amide bonds. The van der Waals surface area contributed by atoms with Gasteiger partial charge in [-0.1, -0.05) is 42.5 Å². The molecule has 2 aromatic carbocycles. The zero-order valence-electron chi connectivity index (χ0n) is 13.8. The third-order valence-electron chi connectivity index (χ3n) is 3.04. The van der Waals surface area contributed by atoms with E-state index >= 15 is 0 Å². The monoisotopic (exact) mass is 331 g/mol. The molecule has 0 bridgehead atoms. The highest BCUT2D eigenvalue weighted by atomic mass is 32.2. The molecule has 4 nitrogen and oxygen atoms in total. The second kappa shape index (κ2) is 6.54. The van der Waals surface area contributed by atoms with Gasteiger partial charge in [0.05, 0.1) is 9.73 Å². The lowest BCUT2D eigenvalue weighted by atomic mass is 10.1. The molecule has 0 radical (unpaired) electrons. The van der Waals surface area contributed by atoms with Crippen LogP contribution >= 0.6 is 0 Å². The van der Waals surface area contributed by atoms with Gasteiger partial charge in [-0.05, 0) is 44.0 Å². The van der Waals surface area contributed by atoms with E-state index in [1.807, 2.05) is 42.5 Å². The number of amides is 1. The third kappa shape index (κ3) is 4.93. The van der Waals surface area contributed by atoms with E-state index in [9.17, 15) is 9.00 Å². The molecule has 2 rings (SSSR count). The Morgan fingerprint density at radius 2 is 1.48 bits per heavy atom. The topological polar surface area (TPSA) is 55.7 Å². The average molecular weight is 331 g/mol. The van der Waals surface area contributed by atoms with Crippen molar-refractivity contribution in [2.45, 2.75) is 31.3 Å². The van der Waals surface area contributed by atoms with Crippen molar-refractivity contribution in [2.24, 2.45) is 4.36 Å². The number of carbonyl (C=O) groups excluding carboxylic acids is 1. The third-order valence-corrected chi connectivity index (χ3v) is 4.69. The molecule has 0 spiro atoms. The molecule has 122 valence electrons. The maximum atomic E-state index is 12.7. The largest absolute Gasteiger partial charge is 0.442 e. The lowest BCUT2D eigenvalue weighted by Crippen LogP contribution is -2.22. The molecule has 1 unspecified atom stereocenters. The first-order valence-corrected chi connectivity index (χ1v) is 9.20. The Bertz CT molecular complexity index is 796. The molecule has 0 fully saturated rings. The second-order valence-corrected chi connectivity index (χ2v) is 8.52. The van der Waals surface area contributed by atoms with Gasteiger partial charge >= 0.3 is 6.09 Å². The van der Waals surface area contributed by atoms with E-state index in [2.05, 4.69) is 4.36 Å². The van der Waals surface area contributed by atoms with E-state index in [1.54, 1.807) is 32.9 Å². The van der Waals surface area contributed by atoms with Crippen molar-refractivity contribution in [1.29, 1.82) is 0 Å². The number of benzene rings is 2. The number of nitrogens with zero attached hydrogens (tertiary/aromatic N) is 1. The van der Waals surface area contributed by atoms with Crippen LogP contribution in [0.15, 0.2) is 63.9 Å². The van der Waals surface area contributed by atoms with Crippen LogP contribution in [-0.4, -0.2) is 22.2 Å².